The van der Waals surface area contributed by atoms with Gasteiger partial charge in [0.05, 0.1) is 0 Å². The maximum Gasteiger partial charge on any atom is 0.248 e. The first-order valence-electron chi connectivity index (χ1n) is 5.50. The SMILES string of the molecule is NC(=O)c1ccc2nc(-c3ccccc3)oc2c1. The van der Waals surface area contributed by atoms with Gasteiger partial charge in [0.25, 0.3) is 0 Å². The summed E-state index contributed by atoms with van der Waals surface area (Å²) >= 11 is 0. The Balaban J connectivity index is 2.14. The molecule has 0 fully saturated rings. The molecule has 2 N–H and O–H groups in total. The molecule has 0 atom stereocenters. The molecule has 0 unspecified atom stereocenters. The Kier molecular flexibility index (Phi) is 2.34. The Hall–Kier alpha value is -2.62. The molecule has 0 radical (unpaired) electrons. The summed E-state index contributed by atoms with van der Waals surface area (Å²) in [6.07, 6.45) is 0. The van der Waals surface area contributed by atoms with Gasteiger partial charge in [-0.25, -0.2) is 4.98 Å². The van der Waals surface area contributed by atoms with Crippen LogP contribution in [0.15, 0.2) is 52.9 Å². The number of fused-ring (bicyclic) bond motifs is 1. The molecule has 0 aliphatic heterocycles. The van der Waals surface area contributed by atoms with Gasteiger partial charge in [0.15, 0.2) is 5.58 Å². The maximum atomic E-state index is 11.1. The summed E-state index contributed by atoms with van der Waals surface area (Å²) in [7, 11) is 0. The minimum atomic E-state index is -0.477. The van der Waals surface area contributed by atoms with Crippen LogP contribution in [-0.2, 0) is 0 Å². The molecule has 0 bridgehead atoms. The van der Waals surface area contributed by atoms with E-state index in [1.165, 1.54) is 0 Å². The van der Waals surface area contributed by atoms with E-state index in [2.05, 4.69) is 4.98 Å². The molecule has 4 nitrogen and oxygen atoms in total. The van der Waals surface area contributed by atoms with Crippen LogP contribution in [0.3, 0.4) is 0 Å². The number of carbonyl (C=O) groups is 1. The van der Waals surface area contributed by atoms with Crippen LogP contribution < -0.4 is 5.73 Å². The van der Waals surface area contributed by atoms with Gasteiger partial charge in [0.2, 0.25) is 11.8 Å². The van der Waals surface area contributed by atoms with Gasteiger partial charge in [-0.15, -0.1) is 0 Å². The third-order valence-corrected chi connectivity index (χ3v) is 2.69. The third kappa shape index (κ3) is 1.73. The molecule has 18 heavy (non-hydrogen) atoms. The first kappa shape index (κ1) is 10.5. The largest absolute Gasteiger partial charge is 0.436 e. The van der Waals surface area contributed by atoms with Crippen molar-refractivity contribution in [2.75, 3.05) is 0 Å². The van der Waals surface area contributed by atoms with E-state index in [0.717, 1.165) is 5.56 Å². The highest BCUT2D eigenvalue weighted by molar-refractivity contribution is 5.96. The van der Waals surface area contributed by atoms with Gasteiger partial charge in [-0.1, -0.05) is 18.2 Å². The van der Waals surface area contributed by atoms with Gasteiger partial charge in [0.1, 0.15) is 5.52 Å². The van der Waals surface area contributed by atoms with Crippen molar-refractivity contribution >= 4 is 17.0 Å². The average molecular weight is 238 g/mol. The van der Waals surface area contributed by atoms with Crippen LogP contribution in [0, 0.1) is 0 Å². The lowest BCUT2D eigenvalue weighted by Gasteiger charge is -1.93. The smallest absolute Gasteiger partial charge is 0.248 e. The lowest BCUT2D eigenvalue weighted by atomic mass is 10.2. The van der Waals surface area contributed by atoms with Gasteiger partial charge in [-0.3, -0.25) is 4.79 Å². The normalized spacial score (nSPS) is 10.7. The van der Waals surface area contributed by atoms with Gasteiger partial charge in [-0.2, -0.15) is 0 Å². The number of rotatable bonds is 2. The second-order valence-electron chi connectivity index (χ2n) is 3.93. The van der Waals surface area contributed by atoms with Crippen molar-refractivity contribution in [1.29, 1.82) is 0 Å². The van der Waals surface area contributed by atoms with Crippen LogP contribution in [0.4, 0.5) is 0 Å². The van der Waals surface area contributed by atoms with Crippen LogP contribution in [0.2, 0.25) is 0 Å². The van der Waals surface area contributed by atoms with Gasteiger partial charge >= 0.3 is 0 Å². The van der Waals surface area contributed by atoms with Crippen LogP contribution in [0.25, 0.3) is 22.6 Å². The van der Waals surface area contributed by atoms with E-state index >= 15 is 0 Å². The fourth-order valence-corrected chi connectivity index (χ4v) is 1.78. The molecule has 0 aliphatic carbocycles. The number of nitrogens with two attached hydrogens (primary N) is 1. The number of oxazole rings is 1. The fourth-order valence-electron chi connectivity index (χ4n) is 1.78. The number of hydrogen-bond acceptors (Lipinski definition) is 3. The molecule has 1 amide bonds. The number of carbonyl (C=O) groups excluding carboxylic acids is 1. The summed E-state index contributed by atoms with van der Waals surface area (Å²) in [5.41, 5.74) is 7.80. The summed E-state index contributed by atoms with van der Waals surface area (Å²) in [6.45, 7) is 0. The number of nitrogens with zero attached hydrogens (tertiary/aromatic N) is 1. The standard InChI is InChI=1S/C14H10N2O2/c15-13(17)10-6-7-11-12(8-10)18-14(16-11)9-4-2-1-3-5-9/h1-8H,(H2,15,17). The van der Waals surface area contributed by atoms with Crippen molar-refractivity contribution in [2.24, 2.45) is 5.73 Å². The maximum absolute atomic E-state index is 11.1. The van der Waals surface area contributed by atoms with E-state index in [1.807, 2.05) is 30.3 Å². The van der Waals surface area contributed by atoms with Gasteiger partial charge in [0, 0.05) is 11.1 Å². The second-order valence-corrected chi connectivity index (χ2v) is 3.93. The summed E-state index contributed by atoms with van der Waals surface area (Å²) < 4.78 is 5.63. The third-order valence-electron chi connectivity index (χ3n) is 2.69. The van der Waals surface area contributed by atoms with Crippen LogP contribution in [0.1, 0.15) is 10.4 Å². The van der Waals surface area contributed by atoms with Crippen molar-refractivity contribution in [3.05, 3.63) is 54.1 Å². The minimum Gasteiger partial charge on any atom is -0.436 e. The topological polar surface area (TPSA) is 69.1 Å². The molecule has 2 aromatic carbocycles. The van der Waals surface area contributed by atoms with Crippen molar-refractivity contribution in [3.8, 4) is 11.5 Å². The molecule has 3 aromatic rings. The first-order valence-corrected chi connectivity index (χ1v) is 5.50. The molecule has 1 aromatic heterocycles. The number of hydrogen-bond donors (Lipinski definition) is 1. The first-order chi connectivity index (χ1) is 8.74. The van der Waals surface area contributed by atoms with Crippen molar-refractivity contribution in [2.45, 2.75) is 0 Å². The summed E-state index contributed by atoms with van der Waals surface area (Å²) in [5.74, 6) is 0.0572. The number of primary amides is 1. The van der Waals surface area contributed by atoms with Crippen molar-refractivity contribution < 1.29 is 9.21 Å². The molecule has 0 aliphatic rings. The molecule has 1 heterocycles. The fraction of sp³-hybridized carbons (Fsp3) is 0. The Labute approximate surface area is 103 Å². The van der Waals surface area contributed by atoms with E-state index in [1.54, 1.807) is 18.2 Å². The van der Waals surface area contributed by atoms with E-state index in [-0.39, 0.29) is 0 Å². The molecule has 88 valence electrons. The molecule has 0 spiro atoms. The Morgan fingerprint density at radius 1 is 1.11 bits per heavy atom. The highest BCUT2D eigenvalue weighted by Crippen LogP contribution is 2.24. The molecule has 4 heteroatoms. The Bertz CT molecular complexity index is 717. The number of benzene rings is 2. The Morgan fingerprint density at radius 3 is 2.61 bits per heavy atom. The van der Waals surface area contributed by atoms with E-state index in [9.17, 15) is 4.79 Å². The van der Waals surface area contributed by atoms with Crippen molar-refractivity contribution in [3.63, 3.8) is 0 Å². The van der Waals surface area contributed by atoms with Gasteiger partial charge in [-0.05, 0) is 30.3 Å². The van der Waals surface area contributed by atoms with E-state index in [0.29, 0.717) is 22.6 Å². The molecular weight excluding hydrogens is 228 g/mol. The zero-order chi connectivity index (χ0) is 12.5. The number of amides is 1. The number of aromatic nitrogens is 1. The Morgan fingerprint density at radius 2 is 1.89 bits per heavy atom. The predicted octanol–water partition coefficient (Wildman–Crippen LogP) is 2.59. The van der Waals surface area contributed by atoms with E-state index < -0.39 is 5.91 Å². The van der Waals surface area contributed by atoms with Crippen LogP contribution in [0.5, 0.6) is 0 Å². The minimum absolute atomic E-state index is 0.415. The summed E-state index contributed by atoms with van der Waals surface area (Å²) in [6, 6.07) is 14.6. The van der Waals surface area contributed by atoms with E-state index in [4.69, 9.17) is 10.2 Å². The predicted molar refractivity (Wildman–Crippen MR) is 68.0 cm³/mol. The molecule has 0 saturated carbocycles. The summed E-state index contributed by atoms with van der Waals surface area (Å²) in [4.78, 5) is 15.4. The molecule has 3 rings (SSSR count). The van der Waals surface area contributed by atoms with Crippen molar-refractivity contribution in [1.82, 2.24) is 4.98 Å². The zero-order valence-corrected chi connectivity index (χ0v) is 9.46. The highest BCUT2D eigenvalue weighted by atomic mass is 16.3. The second kappa shape index (κ2) is 4.00. The monoisotopic (exact) mass is 238 g/mol. The van der Waals surface area contributed by atoms with Crippen LogP contribution >= 0.6 is 0 Å². The lowest BCUT2D eigenvalue weighted by Crippen LogP contribution is -2.10. The van der Waals surface area contributed by atoms with Gasteiger partial charge < -0.3 is 10.2 Å². The molecular formula is C14H10N2O2. The lowest BCUT2D eigenvalue weighted by molar-refractivity contribution is 0.100. The zero-order valence-electron chi connectivity index (χ0n) is 9.46. The highest BCUT2D eigenvalue weighted by Gasteiger charge is 2.09. The quantitative estimate of drug-likeness (QED) is 0.746. The summed E-state index contributed by atoms with van der Waals surface area (Å²) in [5, 5.41) is 0. The van der Waals surface area contributed by atoms with Crippen LogP contribution in [-0.4, -0.2) is 10.9 Å². The molecule has 0 saturated heterocycles. The average Bonchev–Trinajstić information content (AvgIpc) is 2.82.